The van der Waals surface area contributed by atoms with E-state index in [1.54, 1.807) is 24.5 Å². The molecule has 0 fully saturated rings. The van der Waals surface area contributed by atoms with E-state index >= 15 is 0 Å². The summed E-state index contributed by atoms with van der Waals surface area (Å²) in [5.74, 6) is -0.124. The van der Waals surface area contributed by atoms with Crippen LogP contribution >= 0.6 is 35.0 Å². The van der Waals surface area contributed by atoms with E-state index in [0.29, 0.717) is 15.0 Å². The molecule has 5 heteroatoms. The maximum atomic E-state index is 11.9. The van der Waals surface area contributed by atoms with Crippen molar-refractivity contribution in [2.75, 3.05) is 0 Å². The van der Waals surface area contributed by atoms with Gasteiger partial charge in [0.15, 0.2) is 5.78 Å². The van der Waals surface area contributed by atoms with Gasteiger partial charge in [0, 0.05) is 17.3 Å². The number of carbonyl (C=O) groups is 1. The molecule has 1 aliphatic heterocycles. The van der Waals surface area contributed by atoms with Crippen LogP contribution in [0.5, 0.6) is 0 Å². The lowest BCUT2D eigenvalue weighted by Gasteiger charge is -2.12. The highest BCUT2D eigenvalue weighted by atomic mass is 35.5. The second-order valence-corrected chi connectivity index (χ2v) is 5.47. The van der Waals surface area contributed by atoms with E-state index in [2.05, 4.69) is 4.99 Å². The van der Waals surface area contributed by atoms with Crippen LogP contribution in [0, 0.1) is 5.92 Å². The average Bonchev–Trinajstić information content (AvgIpc) is 2.31. The van der Waals surface area contributed by atoms with Crippen molar-refractivity contribution in [2.24, 2.45) is 10.9 Å². The maximum Gasteiger partial charge on any atom is 0.179 e. The first-order valence-electron chi connectivity index (χ1n) is 4.99. The Morgan fingerprint density at radius 2 is 2.12 bits per heavy atom. The minimum absolute atomic E-state index is 0.0565. The second kappa shape index (κ2) is 5.25. The van der Waals surface area contributed by atoms with Gasteiger partial charge in [0.05, 0.1) is 20.9 Å². The number of thioether (sulfide) groups is 1. The van der Waals surface area contributed by atoms with Crippen molar-refractivity contribution in [3.8, 4) is 0 Å². The molecule has 2 nitrogen and oxygen atoms in total. The fourth-order valence-electron chi connectivity index (χ4n) is 1.35. The molecule has 1 atom stereocenters. The fraction of sp³-hybridized carbons (Fsp3) is 0.167. The highest BCUT2D eigenvalue weighted by molar-refractivity contribution is 8.04. The summed E-state index contributed by atoms with van der Waals surface area (Å²) in [5, 5.41) is 0.951. The van der Waals surface area contributed by atoms with Gasteiger partial charge in [-0.25, -0.2) is 0 Å². The smallest absolute Gasteiger partial charge is 0.179 e. The monoisotopic (exact) mass is 285 g/mol. The third kappa shape index (κ3) is 2.73. The number of Topliss-reactive ketones (excluding diaryl/α,β-unsaturated/α-hetero) is 1. The molecule has 1 aromatic rings. The van der Waals surface area contributed by atoms with Gasteiger partial charge in [0.1, 0.15) is 0 Å². The Balaban J connectivity index is 2.27. The van der Waals surface area contributed by atoms with E-state index in [-0.39, 0.29) is 11.7 Å². The van der Waals surface area contributed by atoms with E-state index in [9.17, 15) is 4.79 Å². The number of ketones is 1. The quantitative estimate of drug-likeness (QED) is 0.814. The Hall–Kier alpha value is -0.770. The molecule has 0 N–H and O–H groups in total. The minimum Gasteiger partial charge on any atom is -0.293 e. The van der Waals surface area contributed by atoms with Gasteiger partial charge in [-0.3, -0.25) is 9.79 Å². The molecule has 2 rings (SSSR count). The number of nitrogens with zero attached hydrogens (tertiary/aromatic N) is 1. The summed E-state index contributed by atoms with van der Waals surface area (Å²) < 4.78 is 0. The molecule has 1 unspecified atom stereocenters. The van der Waals surface area contributed by atoms with Crippen LogP contribution in [0.25, 0.3) is 0 Å². The summed E-state index contributed by atoms with van der Waals surface area (Å²) in [6, 6.07) is 5.35. The first kappa shape index (κ1) is 12.7. The van der Waals surface area contributed by atoms with E-state index in [4.69, 9.17) is 23.2 Å². The number of carbonyl (C=O) groups excluding carboxylic acids is 1. The zero-order valence-corrected chi connectivity index (χ0v) is 11.3. The molecule has 0 bridgehead atoms. The van der Waals surface area contributed by atoms with Gasteiger partial charge in [-0.1, -0.05) is 48.0 Å². The Labute approximate surface area is 114 Å². The third-order valence-electron chi connectivity index (χ3n) is 2.29. The number of allylic oxidation sites excluding steroid dienone is 1. The van der Waals surface area contributed by atoms with Crippen molar-refractivity contribution < 1.29 is 4.79 Å². The highest BCUT2D eigenvalue weighted by Crippen LogP contribution is 2.38. The van der Waals surface area contributed by atoms with Crippen molar-refractivity contribution in [1.29, 1.82) is 0 Å². The SMILES string of the molecule is CC1C=NC=C(Sc2cccc(Cl)c2Cl)C1=O. The van der Waals surface area contributed by atoms with Crippen LogP contribution in [0.1, 0.15) is 6.92 Å². The summed E-state index contributed by atoms with van der Waals surface area (Å²) in [4.78, 5) is 17.3. The van der Waals surface area contributed by atoms with Crippen LogP contribution in [0.4, 0.5) is 0 Å². The van der Waals surface area contributed by atoms with Gasteiger partial charge in [-0.2, -0.15) is 0 Å². The van der Waals surface area contributed by atoms with Gasteiger partial charge in [0.2, 0.25) is 0 Å². The first-order valence-corrected chi connectivity index (χ1v) is 6.56. The molecule has 0 radical (unpaired) electrons. The van der Waals surface area contributed by atoms with Crippen molar-refractivity contribution in [1.82, 2.24) is 0 Å². The third-order valence-corrected chi connectivity index (χ3v) is 4.31. The molecule has 1 heterocycles. The first-order chi connectivity index (χ1) is 8.09. The lowest BCUT2D eigenvalue weighted by atomic mass is 10.1. The summed E-state index contributed by atoms with van der Waals surface area (Å²) in [6.45, 7) is 1.82. The zero-order valence-electron chi connectivity index (χ0n) is 8.98. The molecule has 0 saturated carbocycles. The van der Waals surface area contributed by atoms with Crippen LogP contribution in [0.15, 0.2) is 39.2 Å². The zero-order chi connectivity index (χ0) is 12.4. The van der Waals surface area contributed by atoms with E-state index in [1.807, 2.05) is 13.0 Å². The molecule has 0 saturated heterocycles. The number of hydrogen-bond donors (Lipinski definition) is 0. The minimum atomic E-state index is -0.180. The van der Waals surface area contributed by atoms with Gasteiger partial charge in [0.25, 0.3) is 0 Å². The van der Waals surface area contributed by atoms with Crippen LogP contribution in [-0.2, 0) is 4.79 Å². The highest BCUT2D eigenvalue weighted by Gasteiger charge is 2.21. The Kier molecular flexibility index (Phi) is 3.92. The number of halogens is 2. The van der Waals surface area contributed by atoms with E-state index in [1.165, 1.54) is 11.8 Å². The summed E-state index contributed by atoms with van der Waals surface area (Å²) in [7, 11) is 0. The standard InChI is InChI=1S/C12H9Cl2NOS/c1-7-5-15-6-10(12(7)16)17-9-4-2-3-8(13)11(9)14/h2-7H,1H3. The molecule has 1 aromatic carbocycles. The lowest BCUT2D eigenvalue weighted by molar-refractivity contribution is -0.116. The van der Waals surface area contributed by atoms with Crippen molar-refractivity contribution in [3.05, 3.63) is 39.3 Å². The molecule has 88 valence electrons. The molecule has 0 aromatic heterocycles. The average molecular weight is 286 g/mol. The fourth-order valence-corrected chi connectivity index (χ4v) is 2.81. The van der Waals surface area contributed by atoms with Gasteiger partial charge >= 0.3 is 0 Å². The molecular formula is C12H9Cl2NOS. The summed E-state index contributed by atoms with van der Waals surface area (Å²) in [5.41, 5.74) is 0. The van der Waals surface area contributed by atoms with Crippen molar-refractivity contribution in [3.63, 3.8) is 0 Å². The second-order valence-electron chi connectivity index (χ2n) is 3.60. The maximum absolute atomic E-state index is 11.9. The Morgan fingerprint density at radius 1 is 1.35 bits per heavy atom. The van der Waals surface area contributed by atoms with Crippen molar-refractivity contribution in [2.45, 2.75) is 11.8 Å². The Bertz CT molecular complexity index is 525. The van der Waals surface area contributed by atoms with Gasteiger partial charge in [-0.05, 0) is 12.1 Å². The largest absolute Gasteiger partial charge is 0.293 e. The number of aliphatic imine (C=N–C) groups is 1. The summed E-state index contributed by atoms with van der Waals surface area (Å²) >= 11 is 13.3. The molecule has 0 amide bonds. The topological polar surface area (TPSA) is 29.4 Å². The van der Waals surface area contributed by atoms with E-state index in [0.717, 1.165) is 4.90 Å². The van der Waals surface area contributed by atoms with E-state index < -0.39 is 0 Å². The number of benzene rings is 1. The predicted octanol–water partition coefficient (Wildman–Crippen LogP) is 4.22. The molecule has 0 spiro atoms. The predicted molar refractivity (Wildman–Crippen MR) is 73.1 cm³/mol. The number of hydrogen-bond acceptors (Lipinski definition) is 3. The van der Waals surface area contributed by atoms with Gasteiger partial charge < -0.3 is 0 Å². The molecule has 17 heavy (non-hydrogen) atoms. The molecular weight excluding hydrogens is 277 g/mol. The number of rotatable bonds is 2. The Morgan fingerprint density at radius 3 is 2.88 bits per heavy atom. The summed E-state index contributed by atoms with van der Waals surface area (Å²) in [6.07, 6.45) is 3.19. The normalized spacial score (nSPS) is 19.4. The lowest BCUT2D eigenvalue weighted by Crippen LogP contribution is -2.15. The molecule has 1 aliphatic rings. The van der Waals surface area contributed by atoms with Crippen LogP contribution in [-0.4, -0.2) is 12.0 Å². The van der Waals surface area contributed by atoms with Crippen LogP contribution in [0.2, 0.25) is 10.0 Å². The molecule has 0 aliphatic carbocycles. The van der Waals surface area contributed by atoms with Crippen LogP contribution < -0.4 is 0 Å². The van der Waals surface area contributed by atoms with Crippen LogP contribution in [0.3, 0.4) is 0 Å². The van der Waals surface area contributed by atoms with Gasteiger partial charge in [-0.15, -0.1) is 0 Å². The van der Waals surface area contributed by atoms with Crippen molar-refractivity contribution >= 4 is 47.0 Å².